The second-order valence-corrected chi connectivity index (χ2v) is 10.5. The second-order valence-electron chi connectivity index (χ2n) is 10.5. The molecule has 0 aromatic heterocycles. The molecule has 2 heteroatoms. The summed E-state index contributed by atoms with van der Waals surface area (Å²) in [6.45, 7) is 4.28. The molecule has 30 heavy (non-hydrogen) atoms. The first-order valence-corrected chi connectivity index (χ1v) is 12.7. The Morgan fingerprint density at radius 3 is 2.43 bits per heavy atom. The number of hydrogen-bond donors (Lipinski definition) is 0. The molecule has 166 valence electrons. The van der Waals surface area contributed by atoms with E-state index in [1.807, 2.05) is 25.1 Å². The van der Waals surface area contributed by atoms with Crippen LogP contribution in [0.15, 0.2) is 18.2 Å². The van der Waals surface area contributed by atoms with E-state index in [9.17, 15) is 8.78 Å². The molecule has 0 saturated heterocycles. The van der Waals surface area contributed by atoms with E-state index < -0.39 is 11.6 Å². The molecule has 0 N–H and O–H groups in total. The summed E-state index contributed by atoms with van der Waals surface area (Å²) in [5.41, 5.74) is 2.34. The zero-order valence-electron chi connectivity index (χ0n) is 19.1. The van der Waals surface area contributed by atoms with Gasteiger partial charge in [-0.2, -0.15) is 0 Å². The van der Waals surface area contributed by atoms with Gasteiger partial charge in [-0.15, -0.1) is 0 Å². The van der Waals surface area contributed by atoms with Crippen LogP contribution < -0.4 is 0 Å². The first kappa shape index (κ1) is 22.0. The van der Waals surface area contributed by atoms with Gasteiger partial charge in [-0.3, -0.25) is 0 Å². The largest absolute Gasteiger partial charge is 0.203 e. The third-order valence-electron chi connectivity index (χ3n) is 8.67. The van der Waals surface area contributed by atoms with Gasteiger partial charge in [0.05, 0.1) is 0 Å². The molecule has 0 radical (unpaired) electrons. The van der Waals surface area contributed by atoms with Gasteiger partial charge in [0.2, 0.25) is 0 Å². The van der Waals surface area contributed by atoms with Crippen LogP contribution in [0, 0.1) is 41.2 Å². The summed E-state index contributed by atoms with van der Waals surface area (Å²) in [5, 5.41) is 0. The average molecular weight is 415 g/mol. The Hall–Kier alpha value is -1.18. The fourth-order valence-corrected chi connectivity index (χ4v) is 7.04. The van der Waals surface area contributed by atoms with E-state index >= 15 is 0 Å². The maximum Gasteiger partial charge on any atom is 0.162 e. The standard InChI is InChI=1S/C28H40F2/c1-3-5-6-8-25-17-24-14-13-23(18-26(24)28(30)27(25)29)22-12-11-20-15-19(7-4-2)9-10-21(20)16-22/h3,5,17,19-23H,4,6-16,18H2,1-2H3/b5-3+. The van der Waals surface area contributed by atoms with Gasteiger partial charge in [0.15, 0.2) is 11.6 Å². The summed E-state index contributed by atoms with van der Waals surface area (Å²) in [7, 11) is 0. The Balaban J connectivity index is 1.41. The van der Waals surface area contributed by atoms with Crippen LogP contribution in [0.3, 0.4) is 0 Å². The van der Waals surface area contributed by atoms with Crippen LogP contribution in [0.1, 0.15) is 94.7 Å². The molecule has 3 aliphatic carbocycles. The summed E-state index contributed by atoms with van der Waals surface area (Å²) < 4.78 is 29.7. The molecule has 0 spiro atoms. The number of benzene rings is 1. The van der Waals surface area contributed by atoms with E-state index in [0.29, 0.717) is 23.5 Å². The molecule has 1 aromatic rings. The molecule has 5 atom stereocenters. The maximum absolute atomic E-state index is 15.0. The molecule has 0 bridgehead atoms. The van der Waals surface area contributed by atoms with Gasteiger partial charge in [0.25, 0.3) is 0 Å². The van der Waals surface area contributed by atoms with Crippen molar-refractivity contribution >= 4 is 0 Å². The minimum atomic E-state index is -0.586. The zero-order chi connectivity index (χ0) is 21.1. The number of fused-ring (bicyclic) bond motifs is 2. The van der Waals surface area contributed by atoms with Crippen LogP contribution in [0.5, 0.6) is 0 Å². The van der Waals surface area contributed by atoms with Crippen molar-refractivity contribution in [1.29, 1.82) is 0 Å². The zero-order valence-corrected chi connectivity index (χ0v) is 19.1. The van der Waals surface area contributed by atoms with Gasteiger partial charge in [0, 0.05) is 0 Å². The Labute approximate surface area is 182 Å². The van der Waals surface area contributed by atoms with Crippen molar-refractivity contribution in [3.63, 3.8) is 0 Å². The van der Waals surface area contributed by atoms with E-state index in [2.05, 4.69) is 6.92 Å². The van der Waals surface area contributed by atoms with Crippen LogP contribution >= 0.6 is 0 Å². The summed E-state index contributed by atoms with van der Waals surface area (Å²) in [4.78, 5) is 0. The molecule has 3 aliphatic rings. The van der Waals surface area contributed by atoms with E-state index in [0.717, 1.165) is 54.9 Å². The highest BCUT2D eigenvalue weighted by Crippen LogP contribution is 2.49. The summed E-state index contributed by atoms with van der Waals surface area (Å²) in [5.74, 6) is 2.95. The number of hydrogen-bond acceptors (Lipinski definition) is 0. The SMILES string of the molecule is C/C=C/CCc1cc2c(c(F)c1F)CC(C1CCC3CC(CCC)CCC3C1)CC2. The second kappa shape index (κ2) is 9.96. The van der Waals surface area contributed by atoms with Gasteiger partial charge in [-0.05, 0) is 117 Å². The van der Waals surface area contributed by atoms with Crippen LogP contribution in [-0.4, -0.2) is 0 Å². The summed E-state index contributed by atoms with van der Waals surface area (Å²) in [6, 6.07) is 1.97. The summed E-state index contributed by atoms with van der Waals surface area (Å²) in [6.07, 6.45) is 19.3. The lowest BCUT2D eigenvalue weighted by Crippen LogP contribution is -2.35. The van der Waals surface area contributed by atoms with Gasteiger partial charge < -0.3 is 0 Å². The molecule has 2 fully saturated rings. The van der Waals surface area contributed by atoms with Crippen molar-refractivity contribution in [2.75, 3.05) is 0 Å². The number of rotatable bonds is 6. The minimum absolute atomic E-state index is 0.540. The highest BCUT2D eigenvalue weighted by molar-refractivity contribution is 5.37. The Bertz CT molecular complexity index is 749. The lowest BCUT2D eigenvalue weighted by atomic mass is 9.61. The lowest BCUT2D eigenvalue weighted by molar-refractivity contribution is 0.0691. The smallest absolute Gasteiger partial charge is 0.162 e. The first-order chi connectivity index (χ1) is 14.6. The van der Waals surface area contributed by atoms with Gasteiger partial charge >= 0.3 is 0 Å². The van der Waals surface area contributed by atoms with Crippen LogP contribution in [0.25, 0.3) is 0 Å². The summed E-state index contributed by atoms with van der Waals surface area (Å²) >= 11 is 0. The third kappa shape index (κ3) is 4.68. The highest BCUT2D eigenvalue weighted by atomic mass is 19.2. The Morgan fingerprint density at radius 2 is 1.67 bits per heavy atom. The first-order valence-electron chi connectivity index (χ1n) is 12.7. The molecule has 2 saturated carbocycles. The van der Waals surface area contributed by atoms with Crippen LogP contribution in [0.2, 0.25) is 0 Å². The molecule has 0 heterocycles. The molecule has 0 amide bonds. The predicted molar refractivity (Wildman–Crippen MR) is 122 cm³/mol. The third-order valence-corrected chi connectivity index (χ3v) is 8.67. The van der Waals surface area contributed by atoms with E-state index in [4.69, 9.17) is 0 Å². The average Bonchev–Trinajstić information content (AvgIpc) is 2.77. The molecule has 1 aromatic carbocycles. The normalized spacial score (nSPS) is 31.5. The van der Waals surface area contributed by atoms with Crippen molar-refractivity contribution in [3.05, 3.63) is 46.5 Å². The van der Waals surface area contributed by atoms with E-state index in [-0.39, 0.29) is 0 Å². The lowest BCUT2D eigenvalue weighted by Gasteiger charge is -2.45. The maximum atomic E-state index is 15.0. The molecule has 5 unspecified atom stereocenters. The van der Waals surface area contributed by atoms with Gasteiger partial charge in [0.1, 0.15) is 0 Å². The van der Waals surface area contributed by atoms with Gasteiger partial charge in [-0.1, -0.05) is 44.4 Å². The van der Waals surface area contributed by atoms with E-state index in [1.165, 1.54) is 51.4 Å². The Kier molecular flexibility index (Phi) is 7.32. The minimum Gasteiger partial charge on any atom is -0.203 e. The van der Waals surface area contributed by atoms with Crippen molar-refractivity contribution < 1.29 is 8.78 Å². The molecule has 4 rings (SSSR count). The number of halogens is 2. The fourth-order valence-electron chi connectivity index (χ4n) is 7.04. The quantitative estimate of drug-likeness (QED) is 0.411. The van der Waals surface area contributed by atoms with Crippen LogP contribution in [0.4, 0.5) is 8.78 Å². The van der Waals surface area contributed by atoms with Crippen molar-refractivity contribution in [2.45, 2.75) is 97.3 Å². The van der Waals surface area contributed by atoms with Gasteiger partial charge in [-0.25, -0.2) is 8.78 Å². The number of aryl methyl sites for hydroxylation is 2. The highest BCUT2D eigenvalue weighted by Gasteiger charge is 2.39. The van der Waals surface area contributed by atoms with Crippen molar-refractivity contribution in [1.82, 2.24) is 0 Å². The Morgan fingerprint density at radius 1 is 0.933 bits per heavy atom. The number of allylic oxidation sites excluding steroid dienone is 2. The van der Waals surface area contributed by atoms with Crippen molar-refractivity contribution in [3.8, 4) is 0 Å². The van der Waals surface area contributed by atoms with Crippen LogP contribution in [-0.2, 0) is 19.3 Å². The van der Waals surface area contributed by atoms with Crippen molar-refractivity contribution in [2.24, 2.45) is 29.6 Å². The molecular formula is C28H40F2. The molecule has 0 nitrogen and oxygen atoms in total. The van der Waals surface area contributed by atoms with E-state index in [1.54, 1.807) is 0 Å². The molecule has 0 aliphatic heterocycles. The fraction of sp³-hybridized carbons (Fsp3) is 0.714. The predicted octanol–water partition coefficient (Wildman–Crippen LogP) is 8.21. The molecular weight excluding hydrogens is 374 g/mol. The monoisotopic (exact) mass is 414 g/mol. The topological polar surface area (TPSA) is 0 Å².